The molecule has 0 radical (unpaired) electrons. The molecule has 0 aliphatic carbocycles. The van der Waals surface area contributed by atoms with Crippen LogP contribution in [0.25, 0.3) is 0 Å². The number of aryl methyl sites for hydroxylation is 1. The number of hydrogen-bond donors (Lipinski definition) is 4. The van der Waals surface area contributed by atoms with Crippen molar-refractivity contribution >= 4 is 17.5 Å². The number of rotatable bonds is 6. The molecular formula is C11H16ClNO5. The van der Waals surface area contributed by atoms with E-state index >= 15 is 0 Å². The zero-order valence-electron chi connectivity index (χ0n) is 9.94. The van der Waals surface area contributed by atoms with Gasteiger partial charge in [-0.1, -0.05) is 0 Å². The van der Waals surface area contributed by atoms with Gasteiger partial charge in [-0.25, -0.2) is 0 Å². The van der Waals surface area contributed by atoms with E-state index < -0.39 is 31.3 Å². The number of furan rings is 1. The highest BCUT2D eigenvalue weighted by molar-refractivity contribution is 6.17. The van der Waals surface area contributed by atoms with Crippen LogP contribution in [0, 0.1) is 6.92 Å². The van der Waals surface area contributed by atoms with E-state index in [-0.39, 0.29) is 11.6 Å². The third-order valence-corrected chi connectivity index (χ3v) is 2.96. The lowest BCUT2D eigenvalue weighted by Gasteiger charge is -2.28. The lowest BCUT2D eigenvalue weighted by atomic mass is 10.0. The number of amides is 1. The van der Waals surface area contributed by atoms with Crippen LogP contribution in [0.5, 0.6) is 0 Å². The van der Waals surface area contributed by atoms with Crippen molar-refractivity contribution in [1.82, 2.24) is 5.32 Å². The molecular weight excluding hydrogens is 262 g/mol. The maximum atomic E-state index is 11.8. The molecule has 0 bridgehead atoms. The maximum Gasteiger partial charge on any atom is 0.287 e. The highest BCUT2D eigenvalue weighted by Crippen LogP contribution is 2.17. The lowest BCUT2D eigenvalue weighted by molar-refractivity contribution is 0.0363. The fourth-order valence-corrected chi connectivity index (χ4v) is 1.60. The lowest BCUT2D eigenvalue weighted by Crippen LogP contribution is -2.57. The van der Waals surface area contributed by atoms with Gasteiger partial charge in [0.25, 0.3) is 5.91 Å². The average Bonchev–Trinajstić information content (AvgIpc) is 2.77. The van der Waals surface area contributed by atoms with E-state index in [4.69, 9.17) is 31.3 Å². The standard InChI is InChI=1S/C11H16ClNO5/c1-7-8(3-12)2-9(18-7)10(17)13-11(4-14,5-15)6-16/h2,14-16H,3-6H2,1H3,(H,13,17). The van der Waals surface area contributed by atoms with Crippen molar-refractivity contribution in [3.63, 3.8) is 0 Å². The number of aliphatic hydroxyl groups excluding tert-OH is 3. The van der Waals surface area contributed by atoms with Crippen molar-refractivity contribution in [3.8, 4) is 0 Å². The van der Waals surface area contributed by atoms with Crippen LogP contribution in [0.1, 0.15) is 21.9 Å². The Kier molecular flexibility index (Phi) is 5.15. The SMILES string of the molecule is Cc1oc(C(=O)NC(CO)(CO)CO)cc1CCl. The molecule has 6 nitrogen and oxygen atoms in total. The van der Waals surface area contributed by atoms with Gasteiger partial charge in [0.2, 0.25) is 0 Å². The van der Waals surface area contributed by atoms with E-state index in [9.17, 15) is 4.79 Å². The summed E-state index contributed by atoms with van der Waals surface area (Å²) in [6.07, 6.45) is 0. The summed E-state index contributed by atoms with van der Waals surface area (Å²) in [6, 6.07) is 1.48. The van der Waals surface area contributed by atoms with Gasteiger partial charge in [0.05, 0.1) is 25.7 Å². The van der Waals surface area contributed by atoms with Gasteiger partial charge >= 0.3 is 0 Å². The normalized spacial score (nSPS) is 11.6. The average molecular weight is 278 g/mol. The minimum Gasteiger partial charge on any atom is -0.456 e. The predicted molar refractivity (Wildman–Crippen MR) is 64.5 cm³/mol. The smallest absolute Gasteiger partial charge is 0.287 e. The largest absolute Gasteiger partial charge is 0.456 e. The van der Waals surface area contributed by atoms with E-state index in [2.05, 4.69) is 5.32 Å². The fraction of sp³-hybridized carbons (Fsp3) is 0.545. The topological polar surface area (TPSA) is 103 Å². The number of hydrogen-bond acceptors (Lipinski definition) is 5. The van der Waals surface area contributed by atoms with E-state index in [1.165, 1.54) is 6.07 Å². The highest BCUT2D eigenvalue weighted by Gasteiger charge is 2.31. The Bertz CT molecular complexity index is 405. The van der Waals surface area contributed by atoms with Gasteiger partial charge in [0, 0.05) is 5.56 Å². The number of carbonyl (C=O) groups is 1. The van der Waals surface area contributed by atoms with Crippen molar-refractivity contribution in [2.75, 3.05) is 19.8 Å². The Morgan fingerprint density at radius 3 is 2.33 bits per heavy atom. The van der Waals surface area contributed by atoms with Gasteiger partial charge in [-0.3, -0.25) is 4.79 Å². The van der Waals surface area contributed by atoms with Crippen molar-refractivity contribution in [2.24, 2.45) is 0 Å². The molecule has 0 aliphatic rings. The van der Waals surface area contributed by atoms with Crippen molar-refractivity contribution < 1.29 is 24.5 Å². The molecule has 1 amide bonds. The second kappa shape index (κ2) is 6.19. The number of aliphatic hydroxyl groups is 3. The van der Waals surface area contributed by atoms with Crippen LogP contribution in [0.4, 0.5) is 0 Å². The molecule has 102 valence electrons. The Hall–Kier alpha value is -1.08. The van der Waals surface area contributed by atoms with Crippen molar-refractivity contribution in [1.29, 1.82) is 0 Å². The van der Waals surface area contributed by atoms with Crippen LogP contribution in [-0.2, 0) is 5.88 Å². The minimum absolute atomic E-state index is 0.0166. The molecule has 0 saturated heterocycles. The molecule has 0 fully saturated rings. The van der Waals surface area contributed by atoms with Crippen molar-refractivity contribution in [2.45, 2.75) is 18.3 Å². The molecule has 1 heterocycles. The molecule has 7 heteroatoms. The Morgan fingerprint density at radius 2 is 1.94 bits per heavy atom. The van der Waals surface area contributed by atoms with Crippen LogP contribution >= 0.6 is 11.6 Å². The van der Waals surface area contributed by atoms with Gasteiger partial charge in [-0.2, -0.15) is 0 Å². The second-order valence-corrected chi connectivity index (χ2v) is 4.30. The monoisotopic (exact) mass is 277 g/mol. The second-order valence-electron chi connectivity index (χ2n) is 4.03. The number of nitrogens with one attached hydrogen (secondary N) is 1. The molecule has 0 unspecified atom stereocenters. The van der Waals surface area contributed by atoms with Crippen LogP contribution in [0.3, 0.4) is 0 Å². The van der Waals surface area contributed by atoms with Gasteiger partial charge in [0.1, 0.15) is 11.3 Å². The first-order chi connectivity index (χ1) is 8.51. The zero-order valence-corrected chi connectivity index (χ0v) is 10.7. The molecule has 0 atom stereocenters. The first-order valence-corrected chi connectivity index (χ1v) is 5.85. The molecule has 1 rings (SSSR count). The molecule has 1 aromatic rings. The summed E-state index contributed by atoms with van der Waals surface area (Å²) in [4.78, 5) is 11.8. The van der Waals surface area contributed by atoms with Crippen LogP contribution in [-0.4, -0.2) is 46.6 Å². The third-order valence-electron chi connectivity index (χ3n) is 2.68. The van der Waals surface area contributed by atoms with Crippen LogP contribution < -0.4 is 5.32 Å². The highest BCUT2D eigenvalue weighted by atomic mass is 35.5. The van der Waals surface area contributed by atoms with E-state index in [1.807, 2.05) is 0 Å². The quantitative estimate of drug-likeness (QED) is 0.538. The summed E-state index contributed by atoms with van der Waals surface area (Å²) in [5.41, 5.74) is -0.789. The number of halogens is 1. The molecule has 0 aromatic carbocycles. The molecule has 0 aliphatic heterocycles. The Labute approximate surface area is 109 Å². The maximum absolute atomic E-state index is 11.8. The first kappa shape index (κ1) is 15.0. The Balaban J connectivity index is 2.87. The summed E-state index contributed by atoms with van der Waals surface area (Å²) in [5.74, 6) is 0.126. The van der Waals surface area contributed by atoms with Crippen molar-refractivity contribution in [3.05, 3.63) is 23.2 Å². The van der Waals surface area contributed by atoms with Gasteiger partial charge < -0.3 is 25.1 Å². The Morgan fingerprint density at radius 1 is 1.39 bits per heavy atom. The summed E-state index contributed by atoms with van der Waals surface area (Å²) >= 11 is 5.65. The summed E-state index contributed by atoms with van der Waals surface area (Å²) in [7, 11) is 0. The van der Waals surface area contributed by atoms with E-state index in [1.54, 1.807) is 6.92 Å². The van der Waals surface area contributed by atoms with E-state index in [0.717, 1.165) is 0 Å². The molecule has 1 aromatic heterocycles. The molecule has 18 heavy (non-hydrogen) atoms. The molecule has 4 N–H and O–H groups in total. The fourth-order valence-electron chi connectivity index (χ4n) is 1.34. The zero-order chi connectivity index (χ0) is 13.8. The minimum atomic E-state index is -1.47. The van der Waals surface area contributed by atoms with Gasteiger partial charge in [-0.15, -0.1) is 11.6 Å². The summed E-state index contributed by atoms with van der Waals surface area (Å²) in [6.45, 7) is -0.0960. The first-order valence-electron chi connectivity index (χ1n) is 5.32. The number of alkyl halides is 1. The van der Waals surface area contributed by atoms with E-state index in [0.29, 0.717) is 11.3 Å². The van der Waals surface area contributed by atoms with Crippen LogP contribution in [0.2, 0.25) is 0 Å². The van der Waals surface area contributed by atoms with Gasteiger partial charge in [-0.05, 0) is 13.0 Å². The van der Waals surface area contributed by atoms with Gasteiger partial charge in [0.15, 0.2) is 5.76 Å². The molecule has 0 spiro atoms. The number of carbonyl (C=O) groups excluding carboxylic acids is 1. The summed E-state index contributed by atoms with van der Waals surface area (Å²) < 4.78 is 5.21. The van der Waals surface area contributed by atoms with Crippen LogP contribution in [0.15, 0.2) is 10.5 Å². The predicted octanol–water partition coefficient (Wildman–Crippen LogP) is -0.228. The molecule has 0 saturated carbocycles. The third kappa shape index (κ3) is 3.02. The summed E-state index contributed by atoms with van der Waals surface area (Å²) in [5, 5.41) is 29.6.